The molecule has 9 heteroatoms. The Morgan fingerprint density at radius 2 is 2.12 bits per heavy atom. The normalized spacial score (nSPS) is 32.0. The number of esters is 1. The molecule has 33 heavy (non-hydrogen) atoms. The zero-order chi connectivity index (χ0) is 24.2. The van der Waals surface area contributed by atoms with Crippen LogP contribution < -0.4 is 0 Å². The lowest BCUT2D eigenvalue weighted by Gasteiger charge is -2.37. The molecule has 0 aromatic rings. The van der Waals surface area contributed by atoms with E-state index in [0.29, 0.717) is 25.9 Å². The topological polar surface area (TPSA) is 96.4 Å². The number of amides is 2. The lowest BCUT2D eigenvalue weighted by atomic mass is 9.70. The first-order chi connectivity index (χ1) is 15.9. The summed E-state index contributed by atoms with van der Waals surface area (Å²) in [6.45, 7) is 10.3. The van der Waals surface area contributed by atoms with Crippen molar-refractivity contribution in [3.63, 3.8) is 0 Å². The average Bonchev–Trinajstić information content (AvgIpc) is 3.38. The third-order valence-electron chi connectivity index (χ3n) is 6.88. The first-order valence-electron chi connectivity index (χ1n) is 11.8. The van der Waals surface area contributed by atoms with Crippen molar-refractivity contribution in [3.8, 4) is 0 Å². The molecule has 3 heterocycles. The number of unbranched alkanes of at least 4 members (excludes halogenated alkanes) is 2. The van der Waals surface area contributed by atoms with E-state index < -0.39 is 35.6 Å². The van der Waals surface area contributed by atoms with E-state index in [9.17, 15) is 19.5 Å². The van der Waals surface area contributed by atoms with E-state index in [1.54, 1.807) is 17.1 Å². The summed E-state index contributed by atoms with van der Waals surface area (Å²) >= 11 is 3.63. The Labute approximate surface area is 204 Å². The molecule has 0 aromatic carbocycles. The zero-order valence-electron chi connectivity index (χ0n) is 19.3. The molecule has 3 unspecified atom stereocenters. The molecular formula is C24H35BrN2O6. The lowest BCUT2D eigenvalue weighted by Crippen LogP contribution is -2.57. The smallest absolute Gasteiger partial charge is 0.312 e. The van der Waals surface area contributed by atoms with Crippen molar-refractivity contribution >= 4 is 33.7 Å². The van der Waals surface area contributed by atoms with Crippen molar-refractivity contribution in [2.45, 2.75) is 61.6 Å². The van der Waals surface area contributed by atoms with E-state index in [0.717, 1.165) is 19.3 Å². The lowest BCUT2D eigenvalue weighted by molar-refractivity contribution is -0.155. The Morgan fingerprint density at radius 3 is 2.76 bits per heavy atom. The molecule has 3 aliphatic heterocycles. The molecular weight excluding hydrogens is 492 g/mol. The second-order valence-corrected chi connectivity index (χ2v) is 10.1. The van der Waals surface area contributed by atoms with Gasteiger partial charge in [-0.25, -0.2) is 0 Å². The van der Waals surface area contributed by atoms with Gasteiger partial charge in [-0.3, -0.25) is 14.4 Å². The summed E-state index contributed by atoms with van der Waals surface area (Å²) in [5.74, 6) is -2.62. The number of nitrogens with zero attached hydrogens (tertiary/aromatic N) is 2. The van der Waals surface area contributed by atoms with Crippen LogP contribution in [-0.4, -0.2) is 88.1 Å². The number of hydrogen-bond acceptors (Lipinski definition) is 6. The molecule has 0 aliphatic carbocycles. The van der Waals surface area contributed by atoms with Gasteiger partial charge in [0.25, 0.3) is 0 Å². The van der Waals surface area contributed by atoms with E-state index in [1.807, 2.05) is 6.92 Å². The van der Waals surface area contributed by atoms with Crippen molar-refractivity contribution in [3.05, 3.63) is 25.3 Å². The summed E-state index contributed by atoms with van der Waals surface area (Å²) in [6, 6.07) is -0.900. The minimum atomic E-state index is -1.13. The van der Waals surface area contributed by atoms with Crippen LogP contribution in [0.4, 0.5) is 0 Å². The van der Waals surface area contributed by atoms with Gasteiger partial charge in [-0.05, 0) is 25.7 Å². The fraction of sp³-hybridized carbons (Fsp3) is 0.708. The Morgan fingerprint density at radius 1 is 1.36 bits per heavy atom. The number of carbonyl (C=O) groups is 3. The van der Waals surface area contributed by atoms with E-state index in [-0.39, 0.29) is 36.4 Å². The number of carbonyl (C=O) groups excluding carboxylic acids is 3. The number of ether oxygens (including phenoxy) is 2. The molecule has 2 amide bonds. The van der Waals surface area contributed by atoms with Gasteiger partial charge in [-0.2, -0.15) is 0 Å². The second kappa shape index (κ2) is 11.1. The Bertz CT molecular complexity index is 776. The number of allylic oxidation sites excluding steroid dienone is 1. The maximum absolute atomic E-state index is 13.8. The van der Waals surface area contributed by atoms with E-state index in [1.165, 1.54) is 4.90 Å². The molecule has 2 bridgehead atoms. The van der Waals surface area contributed by atoms with Gasteiger partial charge in [0.1, 0.15) is 11.6 Å². The van der Waals surface area contributed by atoms with Gasteiger partial charge in [0.2, 0.25) is 11.8 Å². The van der Waals surface area contributed by atoms with Crippen LogP contribution in [0.15, 0.2) is 25.3 Å². The number of aliphatic hydroxyl groups excluding tert-OH is 1. The fourth-order valence-electron chi connectivity index (χ4n) is 5.49. The predicted molar refractivity (Wildman–Crippen MR) is 127 cm³/mol. The summed E-state index contributed by atoms with van der Waals surface area (Å²) < 4.78 is 11.9. The van der Waals surface area contributed by atoms with Crippen molar-refractivity contribution in [2.24, 2.45) is 11.8 Å². The zero-order valence-corrected chi connectivity index (χ0v) is 20.9. The van der Waals surface area contributed by atoms with Crippen LogP contribution in [0, 0.1) is 11.8 Å². The number of fused-ring (bicyclic) bond motifs is 1. The van der Waals surface area contributed by atoms with Crippen molar-refractivity contribution < 1.29 is 29.0 Å². The average molecular weight is 527 g/mol. The van der Waals surface area contributed by atoms with Crippen LogP contribution >= 0.6 is 15.9 Å². The molecule has 0 radical (unpaired) electrons. The largest absolute Gasteiger partial charge is 0.465 e. The minimum absolute atomic E-state index is 0.00524. The summed E-state index contributed by atoms with van der Waals surface area (Å²) in [7, 11) is 0. The Kier molecular flexibility index (Phi) is 8.75. The van der Waals surface area contributed by atoms with Gasteiger partial charge >= 0.3 is 5.97 Å². The van der Waals surface area contributed by atoms with Gasteiger partial charge < -0.3 is 24.4 Å². The molecule has 0 aromatic heterocycles. The highest BCUT2D eigenvalue weighted by molar-refractivity contribution is 9.09. The standard InChI is InChI=1S/C24H35BrN2O6/c1-4-7-9-14-32-23(31)17-18-21(29)27(12-13-28)20(24(18)15-16(25)19(17)33-24)22(30)26(10-6-3)11-8-5-2/h4,6,16-20,28H,1,3,5,7-15H2,2H3/t16?,17-,18+,19-,20?,24?/m1/s1. The molecule has 1 N–H and O–H groups in total. The highest BCUT2D eigenvalue weighted by atomic mass is 79.9. The predicted octanol–water partition coefficient (Wildman–Crippen LogP) is 2.05. The maximum Gasteiger partial charge on any atom is 0.312 e. The number of likely N-dealkylation sites (tertiary alicyclic amines) is 1. The third-order valence-corrected chi connectivity index (χ3v) is 7.72. The molecule has 6 atom stereocenters. The second-order valence-electron chi connectivity index (χ2n) is 8.94. The molecule has 3 rings (SSSR count). The van der Waals surface area contributed by atoms with Crippen LogP contribution in [0.2, 0.25) is 0 Å². The third kappa shape index (κ3) is 4.64. The first kappa shape index (κ1) is 25.9. The Balaban J connectivity index is 1.93. The van der Waals surface area contributed by atoms with Crippen molar-refractivity contribution in [1.29, 1.82) is 0 Å². The molecule has 184 valence electrons. The summed E-state index contributed by atoms with van der Waals surface area (Å²) in [5, 5.41) is 9.67. The summed E-state index contributed by atoms with van der Waals surface area (Å²) in [6.07, 6.45) is 6.43. The number of alkyl halides is 1. The van der Waals surface area contributed by atoms with Gasteiger partial charge in [0.15, 0.2) is 0 Å². The van der Waals surface area contributed by atoms with E-state index >= 15 is 0 Å². The number of hydrogen-bond donors (Lipinski definition) is 1. The molecule has 1 spiro atoms. The number of halogens is 1. The summed E-state index contributed by atoms with van der Waals surface area (Å²) in [5.41, 5.74) is -1.13. The quantitative estimate of drug-likeness (QED) is 0.171. The van der Waals surface area contributed by atoms with Crippen LogP contribution in [0.25, 0.3) is 0 Å². The minimum Gasteiger partial charge on any atom is -0.465 e. The van der Waals surface area contributed by atoms with Gasteiger partial charge in [0, 0.05) is 24.5 Å². The molecule has 8 nitrogen and oxygen atoms in total. The van der Waals surface area contributed by atoms with Gasteiger partial charge in [-0.1, -0.05) is 41.4 Å². The Hall–Kier alpha value is -1.71. The van der Waals surface area contributed by atoms with Crippen LogP contribution in [0.5, 0.6) is 0 Å². The van der Waals surface area contributed by atoms with E-state index in [2.05, 4.69) is 29.1 Å². The van der Waals surface area contributed by atoms with Crippen molar-refractivity contribution in [1.82, 2.24) is 9.80 Å². The molecule has 3 fully saturated rings. The number of β-amino-alcohol motifs (C(OH)–C–C–N with tert-alkyl or cyclic N) is 1. The van der Waals surface area contributed by atoms with Gasteiger partial charge in [0.05, 0.1) is 31.2 Å². The number of aliphatic hydroxyl groups is 1. The maximum atomic E-state index is 13.8. The van der Waals surface area contributed by atoms with E-state index in [4.69, 9.17) is 9.47 Å². The first-order valence-corrected chi connectivity index (χ1v) is 12.7. The SMILES string of the molecule is C=CCCCOC(=O)[C@H]1[C@@H]2OC3(CC2Br)C(C(=O)N(CC=C)CCCC)N(CCO)C(=O)[C@H]13. The molecule has 3 aliphatic rings. The molecule has 3 saturated heterocycles. The van der Waals surface area contributed by atoms with Gasteiger partial charge in [-0.15, -0.1) is 13.2 Å². The monoisotopic (exact) mass is 526 g/mol. The molecule has 0 saturated carbocycles. The number of rotatable bonds is 13. The van der Waals surface area contributed by atoms with Crippen LogP contribution in [0.3, 0.4) is 0 Å². The van der Waals surface area contributed by atoms with Crippen LogP contribution in [-0.2, 0) is 23.9 Å². The van der Waals surface area contributed by atoms with Crippen molar-refractivity contribution in [2.75, 3.05) is 32.8 Å². The summed E-state index contributed by atoms with van der Waals surface area (Å²) in [4.78, 5) is 43.4. The highest BCUT2D eigenvalue weighted by Gasteiger charge is 2.77. The fourth-order valence-corrected chi connectivity index (χ4v) is 6.43. The highest BCUT2D eigenvalue weighted by Crippen LogP contribution is 2.60. The van der Waals surface area contributed by atoms with Crippen LogP contribution in [0.1, 0.15) is 39.0 Å².